The average Bonchev–Trinajstić information content (AvgIpc) is 2.29. The fraction of sp³-hybridized carbons (Fsp3) is 0.500. The van der Waals surface area contributed by atoms with Gasteiger partial charge in [0, 0.05) is 25.2 Å². The molecule has 3 nitrogen and oxygen atoms in total. The predicted octanol–water partition coefficient (Wildman–Crippen LogP) is 2.30. The van der Waals surface area contributed by atoms with E-state index in [1.54, 1.807) is 7.05 Å². The average molecular weight is 270 g/mol. The summed E-state index contributed by atoms with van der Waals surface area (Å²) in [6.07, 6.45) is 0. The van der Waals surface area contributed by atoms with E-state index in [0.717, 1.165) is 6.07 Å². The van der Waals surface area contributed by atoms with Gasteiger partial charge in [-0.15, -0.1) is 0 Å². The van der Waals surface area contributed by atoms with Gasteiger partial charge in [-0.25, -0.2) is 8.78 Å². The molecule has 1 atom stereocenters. The summed E-state index contributed by atoms with van der Waals surface area (Å²) in [5.74, 6) is -1.57. The minimum Gasteiger partial charge on any atom is -0.340 e. The van der Waals surface area contributed by atoms with Crippen LogP contribution in [0.4, 0.5) is 8.78 Å². The number of nitrogens with two attached hydrogens (primary N) is 1. The van der Waals surface area contributed by atoms with Crippen molar-refractivity contribution in [1.82, 2.24) is 4.90 Å². The van der Waals surface area contributed by atoms with Crippen molar-refractivity contribution in [1.29, 1.82) is 0 Å². The quantitative estimate of drug-likeness (QED) is 0.916. The Morgan fingerprint density at radius 3 is 2.42 bits per heavy atom. The second-order valence-corrected chi connectivity index (χ2v) is 5.77. The molecule has 0 aliphatic heterocycles. The summed E-state index contributed by atoms with van der Waals surface area (Å²) >= 11 is 0. The van der Waals surface area contributed by atoms with Gasteiger partial charge in [0.05, 0.1) is 6.04 Å². The molecule has 1 aromatic rings. The van der Waals surface area contributed by atoms with Gasteiger partial charge in [-0.1, -0.05) is 26.8 Å². The van der Waals surface area contributed by atoms with E-state index < -0.39 is 17.7 Å². The third kappa shape index (κ3) is 3.99. The van der Waals surface area contributed by atoms with E-state index in [2.05, 4.69) is 0 Å². The van der Waals surface area contributed by atoms with Crippen LogP contribution in [0, 0.1) is 17.0 Å². The zero-order valence-corrected chi connectivity index (χ0v) is 11.7. The molecule has 106 valence electrons. The van der Waals surface area contributed by atoms with Crippen LogP contribution in [-0.2, 0) is 11.3 Å². The van der Waals surface area contributed by atoms with Gasteiger partial charge in [0.15, 0.2) is 0 Å². The lowest BCUT2D eigenvalue weighted by Gasteiger charge is -2.30. The van der Waals surface area contributed by atoms with Crippen LogP contribution in [-0.4, -0.2) is 23.9 Å². The van der Waals surface area contributed by atoms with Gasteiger partial charge in [-0.3, -0.25) is 4.79 Å². The van der Waals surface area contributed by atoms with Gasteiger partial charge in [0.1, 0.15) is 11.6 Å². The number of amides is 1. The molecule has 0 saturated carbocycles. The second kappa shape index (κ2) is 5.65. The first-order chi connectivity index (χ1) is 8.62. The number of halogens is 2. The highest BCUT2D eigenvalue weighted by atomic mass is 19.1. The molecule has 0 aromatic heterocycles. The van der Waals surface area contributed by atoms with Crippen molar-refractivity contribution < 1.29 is 13.6 Å². The van der Waals surface area contributed by atoms with Crippen molar-refractivity contribution in [3.05, 3.63) is 35.4 Å². The maximum atomic E-state index is 13.5. The smallest absolute Gasteiger partial charge is 0.240 e. The molecular weight excluding hydrogens is 250 g/mol. The Bertz CT molecular complexity index is 469. The molecule has 19 heavy (non-hydrogen) atoms. The number of likely N-dealkylation sites (N-methyl/N-ethyl adjacent to an activating group) is 1. The van der Waals surface area contributed by atoms with Crippen molar-refractivity contribution in [3.63, 3.8) is 0 Å². The fourth-order valence-electron chi connectivity index (χ4n) is 1.59. The molecule has 0 spiro atoms. The Balaban J connectivity index is 2.79. The van der Waals surface area contributed by atoms with Crippen LogP contribution in [0.25, 0.3) is 0 Å². The fourth-order valence-corrected chi connectivity index (χ4v) is 1.59. The lowest BCUT2D eigenvalue weighted by molar-refractivity contribution is -0.134. The van der Waals surface area contributed by atoms with Gasteiger partial charge < -0.3 is 10.6 Å². The number of carbonyl (C=O) groups is 1. The number of hydrogen-bond donors (Lipinski definition) is 1. The highest BCUT2D eigenvalue weighted by Crippen LogP contribution is 2.20. The number of benzene rings is 1. The van der Waals surface area contributed by atoms with Crippen LogP contribution in [0.1, 0.15) is 26.3 Å². The van der Waals surface area contributed by atoms with Gasteiger partial charge in [-0.05, 0) is 11.5 Å². The molecule has 1 aromatic carbocycles. The molecule has 1 rings (SSSR count). The molecule has 0 aliphatic carbocycles. The van der Waals surface area contributed by atoms with E-state index in [0.29, 0.717) is 0 Å². The molecule has 0 heterocycles. The van der Waals surface area contributed by atoms with Gasteiger partial charge in [0.2, 0.25) is 5.91 Å². The number of carbonyl (C=O) groups excluding carboxylic acids is 1. The molecule has 0 saturated heterocycles. The Morgan fingerprint density at radius 1 is 1.37 bits per heavy atom. The maximum Gasteiger partial charge on any atom is 0.240 e. The molecule has 0 unspecified atom stereocenters. The van der Waals surface area contributed by atoms with E-state index in [9.17, 15) is 13.6 Å². The van der Waals surface area contributed by atoms with Crippen LogP contribution in [0.3, 0.4) is 0 Å². The number of rotatable bonds is 3. The van der Waals surface area contributed by atoms with Crippen LogP contribution >= 0.6 is 0 Å². The molecule has 0 bridgehead atoms. The van der Waals surface area contributed by atoms with Gasteiger partial charge in [-0.2, -0.15) is 0 Å². The summed E-state index contributed by atoms with van der Waals surface area (Å²) in [6, 6.07) is 2.63. The summed E-state index contributed by atoms with van der Waals surface area (Å²) in [4.78, 5) is 13.4. The van der Waals surface area contributed by atoms with E-state index in [4.69, 9.17) is 5.73 Å². The standard InChI is InChI=1S/C14H20F2N2O/c1-14(2,3)12(17)13(19)18(4)8-9-5-6-10(15)7-11(9)16/h5-7,12H,8,17H2,1-4H3/t12-/m1/s1. The topological polar surface area (TPSA) is 46.3 Å². The van der Waals surface area contributed by atoms with Crippen molar-refractivity contribution in [2.24, 2.45) is 11.1 Å². The summed E-state index contributed by atoms with van der Waals surface area (Å²) in [6.45, 7) is 5.65. The summed E-state index contributed by atoms with van der Waals surface area (Å²) in [5, 5.41) is 0. The lowest BCUT2D eigenvalue weighted by Crippen LogP contribution is -2.49. The SMILES string of the molecule is CN(Cc1ccc(F)cc1F)C(=O)[C@@H](N)C(C)(C)C. The Morgan fingerprint density at radius 2 is 1.95 bits per heavy atom. The molecule has 0 fully saturated rings. The Hall–Kier alpha value is -1.49. The molecule has 0 aliphatic rings. The Kier molecular flexibility index (Phi) is 4.63. The summed E-state index contributed by atoms with van der Waals surface area (Å²) < 4.78 is 26.3. The first-order valence-electron chi connectivity index (χ1n) is 6.07. The van der Waals surface area contributed by atoms with Gasteiger partial charge >= 0.3 is 0 Å². The van der Waals surface area contributed by atoms with Crippen LogP contribution in [0.5, 0.6) is 0 Å². The molecular formula is C14H20F2N2O. The van der Waals surface area contributed by atoms with E-state index in [1.807, 2.05) is 20.8 Å². The lowest BCUT2D eigenvalue weighted by atomic mass is 9.86. The molecule has 5 heteroatoms. The largest absolute Gasteiger partial charge is 0.340 e. The van der Waals surface area contributed by atoms with Crippen LogP contribution < -0.4 is 5.73 Å². The van der Waals surface area contributed by atoms with E-state index >= 15 is 0 Å². The molecule has 2 N–H and O–H groups in total. The molecule has 1 amide bonds. The first-order valence-corrected chi connectivity index (χ1v) is 6.07. The number of nitrogens with zero attached hydrogens (tertiary/aromatic N) is 1. The summed E-state index contributed by atoms with van der Waals surface area (Å²) in [5.41, 5.74) is 5.76. The van der Waals surface area contributed by atoms with Crippen molar-refractivity contribution in [3.8, 4) is 0 Å². The highest BCUT2D eigenvalue weighted by molar-refractivity contribution is 5.82. The third-order valence-electron chi connectivity index (χ3n) is 3.00. The van der Waals surface area contributed by atoms with Gasteiger partial charge in [0.25, 0.3) is 0 Å². The van der Waals surface area contributed by atoms with E-state index in [-0.39, 0.29) is 23.4 Å². The molecule has 0 radical (unpaired) electrons. The highest BCUT2D eigenvalue weighted by Gasteiger charge is 2.29. The van der Waals surface area contributed by atoms with Crippen LogP contribution in [0.15, 0.2) is 18.2 Å². The Labute approximate surface area is 112 Å². The summed E-state index contributed by atoms with van der Waals surface area (Å²) in [7, 11) is 1.55. The zero-order chi connectivity index (χ0) is 14.8. The maximum absolute atomic E-state index is 13.5. The van der Waals surface area contributed by atoms with Crippen molar-refractivity contribution in [2.45, 2.75) is 33.4 Å². The number of hydrogen-bond acceptors (Lipinski definition) is 2. The first kappa shape index (κ1) is 15.6. The second-order valence-electron chi connectivity index (χ2n) is 5.77. The normalized spacial score (nSPS) is 13.2. The van der Waals surface area contributed by atoms with Crippen molar-refractivity contribution in [2.75, 3.05) is 7.05 Å². The minimum atomic E-state index is -0.666. The third-order valence-corrected chi connectivity index (χ3v) is 3.00. The monoisotopic (exact) mass is 270 g/mol. The predicted molar refractivity (Wildman–Crippen MR) is 70.3 cm³/mol. The van der Waals surface area contributed by atoms with Crippen molar-refractivity contribution >= 4 is 5.91 Å². The zero-order valence-electron chi connectivity index (χ0n) is 11.7. The van der Waals surface area contributed by atoms with Crippen LogP contribution in [0.2, 0.25) is 0 Å². The minimum absolute atomic E-state index is 0.0642. The van der Waals surface area contributed by atoms with E-state index in [1.165, 1.54) is 17.0 Å².